The van der Waals surface area contributed by atoms with E-state index in [2.05, 4.69) is 71.7 Å². The fourth-order valence-electron chi connectivity index (χ4n) is 2.48. The lowest BCUT2D eigenvalue weighted by Crippen LogP contribution is -2.32. The maximum absolute atomic E-state index is 4.59. The minimum absolute atomic E-state index is 0.206. The highest BCUT2D eigenvalue weighted by atomic mass is 32.1. The van der Waals surface area contributed by atoms with E-state index >= 15 is 0 Å². The van der Waals surface area contributed by atoms with Crippen LogP contribution in [0, 0.1) is 0 Å². The van der Waals surface area contributed by atoms with Crippen molar-refractivity contribution in [3.05, 3.63) is 30.6 Å². The fraction of sp³-hybridized carbons (Fsp3) is 0.700. The lowest BCUT2D eigenvalue weighted by molar-refractivity contribution is -0.697. The number of aromatic nitrogens is 1. The predicted molar refractivity (Wildman–Crippen MR) is 110 cm³/mol. The molecule has 0 amide bonds. The highest BCUT2D eigenvalue weighted by molar-refractivity contribution is 7.99. The van der Waals surface area contributed by atoms with Crippen molar-refractivity contribution in [3.63, 3.8) is 0 Å². The second kappa shape index (κ2) is 18.6. The van der Waals surface area contributed by atoms with Gasteiger partial charge in [0.2, 0.25) is 0 Å². The molecule has 0 saturated heterocycles. The third kappa shape index (κ3) is 17.6. The van der Waals surface area contributed by atoms with Gasteiger partial charge in [-0.2, -0.15) is 0 Å². The van der Waals surface area contributed by atoms with Crippen LogP contribution < -0.4 is 4.57 Å². The molecule has 0 N–H and O–H groups in total. The van der Waals surface area contributed by atoms with Gasteiger partial charge in [0.1, 0.15) is 6.54 Å². The van der Waals surface area contributed by atoms with Crippen molar-refractivity contribution in [2.75, 3.05) is 6.61 Å². The summed E-state index contributed by atoms with van der Waals surface area (Å²) in [5.41, 5.74) is 0. The fourth-order valence-corrected chi connectivity index (χ4v) is 2.72. The van der Waals surface area contributed by atoms with Crippen molar-refractivity contribution >= 4 is 29.2 Å². The van der Waals surface area contributed by atoms with Gasteiger partial charge >= 0.3 is 0 Å². The summed E-state index contributed by atoms with van der Waals surface area (Å²) >= 11 is 8.77. The summed E-state index contributed by atoms with van der Waals surface area (Å²) in [6.45, 7) is 5.89. The maximum Gasteiger partial charge on any atom is 0.168 e. The van der Waals surface area contributed by atoms with E-state index in [4.69, 9.17) is 0 Å². The number of rotatable bonds is 12. The molecule has 2 nitrogen and oxygen atoms in total. The van der Waals surface area contributed by atoms with Crippen molar-refractivity contribution in [1.82, 2.24) is 0 Å². The molecule has 0 aliphatic rings. The smallest absolute Gasteiger partial charge is 0.168 e. The summed E-state index contributed by atoms with van der Waals surface area (Å²) in [7, 11) is 0. The van der Waals surface area contributed by atoms with Gasteiger partial charge in [-0.05, 0) is 13.3 Å². The molecule has 1 heterocycles. The lowest BCUT2D eigenvalue weighted by Gasteiger charge is -2.02. The van der Waals surface area contributed by atoms with Crippen molar-refractivity contribution in [3.8, 4) is 0 Å². The van der Waals surface area contributed by atoms with E-state index < -0.39 is 0 Å². The van der Waals surface area contributed by atoms with E-state index in [1.807, 2.05) is 6.92 Å². The second-order valence-electron chi connectivity index (χ2n) is 5.98. The van der Waals surface area contributed by atoms with E-state index in [9.17, 15) is 0 Å². The Bertz CT molecular complexity index is 384. The van der Waals surface area contributed by atoms with Crippen LogP contribution in [0.3, 0.4) is 0 Å². The molecule has 138 valence electrons. The summed E-state index contributed by atoms with van der Waals surface area (Å²) in [5, 5.41) is 0. The van der Waals surface area contributed by atoms with Gasteiger partial charge in [0.05, 0.1) is 6.61 Å². The number of aryl methyl sites for hydroxylation is 1. The molecule has 1 aromatic heterocycles. The molecule has 4 heteroatoms. The van der Waals surface area contributed by atoms with E-state index in [1.54, 1.807) is 0 Å². The van der Waals surface area contributed by atoms with Gasteiger partial charge in [-0.1, -0.05) is 64.4 Å². The molecule has 0 aliphatic carbocycles. The Morgan fingerprint density at radius 2 is 1.33 bits per heavy atom. The van der Waals surface area contributed by atoms with Crippen LogP contribution in [0.1, 0.15) is 78.1 Å². The highest BCUT2D eigenvalue weighted by Gasteiger charge is 1.97. The van der Waals surface area contributed by atoms with Gasteiger partial charge in [-0.15, -0.1) is 0 Å². The van der Waals surface area contributed by atoms with Gasteiger partial charge in [0.15, 0.2) is 12.4 Å². The molecule has 0 radical (unpaired) electrons. The zero-order chi connectivity index (χ0) is 17.9. The van der Waals surface area contributed by atoms with Gasteiger partial charge < -0.3 is 29.6 Å². The summed E-state index contributed by atoms with van der Waals surface area (Å²) in [6, 6.07) is 6.29. The zero-order valence-corrected chi connectivity index (χ0v) is 17.2. The molecule has 1 rings (SSSR count). The van der Waals surface area contributed by atoms with Crippen LogP contribution in [-0.2, 0) is 23.9 Å². The SMILES string of the molecule is CCCCCCCCCCCC[n+]1ccccc1.CCOC(=S)[S-]. The molecule has 0 fully saturated rings. The summed E-state index contributed by atoms with van der Waals surface area (Å²) in [4.78, 5) is 0. The summed E-state index contributed by atoms with van der Waals surface area (Å²) in [6.07, 6.45) is 18.5. The molecule has 0 aliphatic heterocycles. The van der Waals surface area contributed by atoms with Crippen molar-refractivity contribution in [2.24, 2.45) is 0 Å². The predicted octanol–water partition coefficient (Wildman–Crippen LogP) is 5.75. The van der Waals surface area contributed by atoms with Crippen molar-refractivity contribution < 1.29 is 9.30 Å². The number of thiocarbonyl (C=S) groups is 1. The van der Waals surface area contributed by atoms with Crippen LogP contribution in [0.25, 0.3) is 0 Å². The summed E-state index contributed by atoms with van der Waals surface area (Å²) in [5.74, 6) is 0. The Morgan fingerprint density at radius 3 is 1.75 bits per heavy atom. The van der Waals surface area contributed by atoms with Gasteiger partial charge in [0, 0.05) is 22.9 Å². The Morgan fingerprint density at radius 1 is 0.833 bits per heavy atom. The number of hydrogen-bond donors (Lipinski definition) is 0. The van der Waals surface area contributed by atoms with E-state index in [0.29, 0.717) is 6.61 Å². The van der Waals surface area contributed by atoms with Crippen LogP contribution in [0.2, 0.25) is 0 Å². The third-order valence-corrected chi connectivity index (χ3v) is 4.05. The topological polar surface area (TPSA) is 13.1 Å². The average molecular weight is 370 g/mol. The maximum atomic E-state index is 4.59. The molecule has 0 saturated carbocycles. The average Bonchev–Trinajstić information content (AvgIpc) is 2.58. The standard InChI is InChI=1S/C17H30N.C3H6OS2/c1-2-3-4-5-6-7-8-9-10-12-15-18-16-13-11-14-17-18;1-2-4-3(5)6/h11,13-14,16-17H,2-10,12,15H2,1H3;2H2,1H3,(H,5,6)/q+1;/p-1. The normalized spacial score (nSPS) is 9.92. The molecule has 0 spiro atoms. The molecule has 0 atom stereocenters. The van der Waals surface area contributed by atoms with Crippen molar-refractivity contribution in [2.45, 2.75) is 84.6 Å². The van der Waals surface area contributed by atoms with Gasteiger partial charge in [-0.3, -0.25) is 0 Å². The number of nitrogens with zero attached hydrogens (tertiary/aromatic N) is 1. The quantitative estimate of drug-likeness (QED) is 0.201. The number of unbranched alkanes of at least 4 members (excludes halogenated alkanes) is 9. The highest BCUT2D eigenvalue weighted by Crippen LogP contribution is 2.10. The molecular weight excluding hydrogens is 334 g/mol. The minimum atomic E-state index is 0.206. The first-order valence-electron chi connectivity index (χ1n) is 9.48. The molecule has 0 unspecified atom stereocenters. The van der Waals surface area contributed by atoms with E-state index in [0.717, 1.165) is 0 Å². The number of ether oxygens (including phenoxy) is 1. The Balaban J connectivity index is 0.000000754. The lowest BCUT2D eigenvalue weighted by atomic mass is 10.1. The van der Waals surface area contributed by atoms with Crippen LogP contribution in [-0.4, -0.2) is 11.0 Å². The van der Waals surface area contributed by atoms with Crippen LogP contribution in [0.15, 0.2) is 30.6 Å². The van der Waals surface area contributed by atoms with Crippen LogP contribution in [0.4, 0.5) is 0 Å². The molecule has 1 aromatic rings. The first kappa shape index (κ1) is 23.3. The van der Waals surface area contributed by atoms with Crippen molar-refractivity contribution in [1.29, 1.82) is 0 Å². The zero-order valence-electron chi connectivity index (χ0n) is 15.5. The number of hydrogen-bond acceptors (Lipinski definition) is 3. The Kier molecular flexibility index (Phi) is 18.0. The van der Waals surface area contributed by atoms with Crippen LogP contribution >= 0.6 is 12.2 Å². The third-order valence-electron chi connectivity index (χ3n) is 3.81. The molecule has 0 aromatic carbocycles. The van der Waals surface area contributed by atoms with Gasteiger partial charge in [-0.25, -0.2) is 4.57 Å². The minimum Gasteiger partial charge on any atom is -0.514 e. The molecule has 0 bridgehead atoms. The molecule has 24 heavy (non-hydrogen) atoms. The monoisotopic (exact) mass is 369 g/mol. The summed E-state index contributed by atoms with van der Waals surface area (Å²) < 4.78 is 7.08. The first-order chi connectivity index (χ1) is 11.7. The van der Waals surface area contributed by atoms with Gasteiger partial charge in [0.25, 0.3) is 0 Å². The second-order valence-corrected chi connectivity index (χ2v) is 6.98. The molecular formula is C20H35NOS2. The Labute approximate surface area is 160 Å². The van der Waals surface area contributed by atoms with E-state index in [-0.39, 0.29) is 4.38 Å². The Hall–Kier alpha value is -0.740. The first-order valence-corrected chi connectivity index (χ1v) is 10.3. The number of pyridine rings is 1. The van der Waals surface area contributed by atoms with Crippen LogP contribution in [0.5, 0.6) is 0 Å². The van der Waals surface area contributed by atoms with E-state index in [1.165, 1.54) is 70.8 Å². The largest absolute Gasteiger partial charge is 0.514 e.